The average molecular weight is 399 g/mol. The van der Waals surface area contributed by atoms with Crippen LogP contribution in [0.1, 0.15) is 31.4 Å². The van der Waals surface area contributed by atoms with Crippen LogP contribution in [0.25, 0.3) is 10.6 Å². The van der Waals surface area contributed by atoms with Crippen molar-refractivity contribution in [3.63, 3.8) is 0 Å². The average Bonchev–Trinajstić information content (AvgIpc) is 3.37. The largest absolute Gasteiger partial charge is 0.497 e. The minimum Gasteiger partial charge on any atom is -0.497 e. The molecule has 7 nitrogen and oxygen atoms in total. The Bertz CT molecular complexity index is 880. The fourth-order valence-electron chi connectivity index (χ4n) is 3.15. The third-order valence-electron chi connectivity index (χ3n) is 4.63. The smallest absolute Gasteiger partial charge is 0.312 e. The molecule has 1 saturated carbocycles. The van der Waals surface area contributed by atoms with Gasteiger partial charge in [0.05, 0.1) is 25.3 Å². The van der Waals surface area contributed by atoms with E-state index in [1.807, 2.05) is 24.3 Å². The number of benzene rings is 1. The maximum absolute atomic E-state index is 12.0. The second kappa shape index (κ2) is 8.85. The Hall–Kier alpha value is -2.92. The number of carbonyl (C=O) groups excluding carboxylic acids is 2. The first-order valence-corrected chi connectivity index (χ1v) is 9.88. The summed E-state index contributed by atoms with van der Waals surface area (Å²) in [4.78, 5) is 28.5. The van der Waals surface area contributed by atoms with Crippen LogP contribution >= 0.6 is 11.3 Å². The van der Waals surface area contributed by atoms with Crippen molar-refractivity contribution in [2.45, 2.75) is 37.6 Å². The molecule has 0 radical (unpaired) electrons. The molecule has 28 heavy (non-hydrogen) atoms. The summed E-state index contributed by atoms with van der Waals surface area (Å²) < 4.78 is 10.2. The molecule has 0 bridgehead atoms. The van der Waals surface area contributed by atoms with Crippen LogP contribution in [0.15, 0.2) is 29.6 Å². The van der Waals surface area contributed by atoms with E-state index in [1.54, 1.807) is 12.5 Å². The van der Waals surface area contributed by atoms with Gasteiger partial charge in [0.1, 0.15) is 16.3 Å². The zero-order chi connectivity index (χ0) is 20.0. The lowest BCUT2D eigenvalue weighted by molar-refractivity contribution is -0.148. The number of rotatable bonds is 7. The van der Waals surface area contributed by atoms with Gasteiger partial charge in [-0.2, -0.15) is 5.26 Å². The van der Waals surface area contributed by atoms with Crippen molar-refractivity contribution in [3.8, 4) is 22.4 Å². The molecule has 1 N–H and O–H groups in total. The Balaban J connectivity index is 1.49. The van der Waals surface area contributed by atoms with Crippen molar-refractivity contribution in [2.24, 2.45) is 0 Å². The van der Waals surface area contributed by atoms with E-state index in [-0.39, 0.29) is 6.42 Å². The summed E-state index contributed by atoms with van der Waals surface area (Å²) in [5.41, 5.74) is 0.708. The van der Waals surface area contributed by atoms with Gasteiger partial charge < -0.3 is 14.8 Å². The van der Waals surface area contributed by atoms with Crippen molar-refractivity contribution < 1.29 is 19.1 Å². The highest BCUT2D eigenvalue weighted by molar-refractivity contribution is 7.13. The van der Waals surface area contributed by atoms with Crippen molar-refractivity contribution in [1.29, 1.82) is 5.26 Å². The summed E-state index contributed by atoms with van der Waals surface area (Å²) in [7, 11) is 1.61. The van der Waals surface area contributed by atoms with E-state index in [1.165, 1.54) is 11.3 Å². The molecular weight excluding hydrogens is 378 g/mol. The van der Waals surface area contributed by atoms with Gasteiger partial charge in [-0.15, -0.1) is 11.3 Å². The molecule has 1 fully saturated rings. The molecule has 1 aromatic carbocycles. The fourth-order valence-corrected chi connectivity index (χ4v) is 3.97. The van der Waals surface area contributed by atoms with E-state index in [9.17, 15) is 14.9 Å². The number of nitriles is 1. The van der Waals surface area contributed by atoms with Crippen LogP contribution in [0.4, 0.5) is 0 Å². The number of methoxy groups -OCH3 is 1. The number of amides is 1. The highest BCUT2D eigenvalue weighted by Gasteiger charge is 2.35. The van der Waals surface area contributed by atoms with E-state index >= 15 is 0 Å². The lowest BCUT2D eigenvalue weighted by atomic mass is 10.00. The normalized spacial score (nSPS) is 14.9. The minimum atomic E-state index is -0.814. The van der Waals surface area contributed by atoms with Gasteiger partial charge in [0.15, 0.2) is 6.61 Å². The van der Waals surface area contributed by atoms with Crippen molar-refractivity contribution in [3.05, 3.63) is 35.3 Å². The molecule has 0 saturated heterocycles. The number of thiazole rings is 1. The van der Waals surface area contributed by atoms with Crippen LogP contribution < -0.4 is 10.1 Å². The Morgan fingerprint density at radius 1 is 1.29 bits per heavy atom. The molecule has 0 spiro atoms. The zero-order valence-corrected chi connectivity index (χ0v) is 16.4. The second-order valence-corrected chi connectivity index (χ2v) is 7.52. The second-order valence-electron chi connectivity index (χ2n) is 6.66. The van der Waals surface area contributed by atoms with Gasteiger partial charge in [-0.1, -0.05) is 0 Å². The standard InChI is InChI=1S/C20H21N3O4S/c1-26-16-6-4-14(5-7-16)19-22-15(12-28-19)10-18(25)27-11-17(24)23-20(13-21)8-2-3-9-20/h4-7,12H,2-3,8-11H2,1H3,(H,23,24). The topological polar surface area (TPSA) is 101 Å². The zero-order valence-electron chi connectivity index (χ0n) is 15.6. The first kappa shape index (κ1) is 19.8. The van der Waals surface area contributed by atoms with Crippen molar-refractivity contribution in [1.82, 2.24) is 10.3 Å². The third-order valence-corrected chi connectivity index (χ3v) is 5.57. The van der Waals surface area contributed by atoms with Gasteiger partial charge in [-0.05, 0) is 49.9 Å². The van der Waals surface area contributed by atoms with E-state index in [0.717, 1.165) is 29.2 Å². The fraction of sp³-hybridized carbons (Fsp3) is 0.400. The van der Waals surface area contributed by atoms with Gasteiger partial charge in [-0.25, -0.2) is 4.98 Å². The molecule has 146 valence electrons. The summed E-state index contributed by atoms with van der Waals surface area (Å²) in [6, 6.07) is 9.67. The molecule has 0 unspecified atom stereocenters. The van der Waals surface area contributed by atoms with E-state index in [2.05, 4.69) is 16.4 Å². The number of ether oxygens (including phenoxy) is 2. The number of hydrogen-bond donors (Lipinski definition) is 1. The molecule has 1 amide bonds. The summed E-state index contributed by atoms with van der Waals surface area (Å²) in [5.74, 6) is -0.216. The Labute approximate surface area is 167 Å². The Morgan fingerprint density at radius 2 is 2.00 bits per heavy atom. The van der Waals surface area contributed by atoms with Gasteiger partial charge in [-0.3, -0.25) is 9.59 Å². The summed E-state index contributed by atoms with van der Waals surface area (Å²) in [6.45, 7) is -0.391. The monoisotopic (exact) mass is 399 g/mol. The predicted molar refractivity (Wildman–Crippen MR) is 104 cm³/mol. The molecule has 1 aliphatic rings. The molecule has 3 rings (SSSR count). The highest BCUT2D eigenvalue weighted by atomic mass is 32.1. The van der Waals surface area contributed by atoms with Crippen molar-refractivity contribution >= 4 is 23.2 Å². The van der Waals surface area contributed by atoms with Crippen LogP contribution in [-0.4, -0.2) is 36.1 Å². The van der Waals surface area contributed by atoms with E-state index < -0.39 is 24.0 Å². The molecule has 1 aliphatic carbocycles. The van der Waals surface area contributed by atoms with Crippen LogP contribution in [0.3, 0.4) is 0 Å². The SMILES string of the molecule is COc1ccc(-c2nc(CC(=O)OCC(=O)NC3(C#N)CCCC3)cs2)cc1. The number of nitrogens with zero attached hydrogens (tertiary/aromatic N) is 2. The molecular formula is C20H21N3O4S. The molecule has 0 aliphatic heterocycles. The lowest BCUT2D eigenvalue weighted by Gasteiger charge is -2.21. The van der Waals surface area contributed by atoms with Crippen LogP contribution in [0, 0.1) is 11.3 Å². The lowest BCUT2D eigenvalue weighted by Crippen LogP contribution is -2.46. The summed E-state index contributed by atoms with van der Waals surface area (Å²) >= 11 is 1.43. The maximum Gasteiger partial charge on any atom is 0.312 e. The third kappa shape index (κ3) is 4.87. The number of carbonyl (C=O) groups is 2. The summed E-state index contributed by atoms with van der Waals surface area (Å²) in [5, 5.41) is 14.6. The first-order chi connectivity index (χ1) is 13.5. The van der Waals surface area contributed by atoms with Crippen LogP contribution in [-0.2, 0) is 20.7 Å². The quantitative estimate of drug-likeness (QED) is 0.719. The van der Waals surface area contributed by atoms with Gasteiger partial charge >= 0.3 is 5.97 Å². The van der Waals surface area contributed by atoms with Gasteiger partial charge in [0.25, 0.3) is 5.91 Å². The minimum absolute atomic E-state index is 0.0106. The van der Waals surface area contributed by atoms with Crippen LogP contribution in [0.5, 0.6) is 5.75 Å². The molecule has 1 heterocycles. The van der Waals surface area contributed by atoms with Crippen LogP contribution in [0.2, 0.25) is 0 Å². The van der Waals surface area contributed by atoms with Gasteiger partial charge in [0, 0.05) is 10.9 Å². The van der Waals surface area contributed by atoms with Crippen molar-refractivity contribution in [2.75, 3.05) is 13.7 Å². The Kier molecular flexibility index (Phi) is 6.26. The molecule has 8 heteroatoms. The number of aromatic nitrogens is 1. The molecule has 1 aromatic heterocycles. The number of nitrogens with one attached hydrogen (secondary N) is 1. The Morgan fingerprint density at radius 3 is 2.64 bits per heavy atom. The molecule has 2 aromatic rings. The highest BCUT2D eigenvalue weighted by Crippen LogP contribution is 2.29. The number of esters is 1. The first-order valence-electron chi connectivity index (χ1n) is 9.00. The number of hydrogen-bond acceptors (Lipinski definition) is 7. The molecule has 0 atom stereocenters. The van der Waals surface area contributed by atoms with E-state index in [0.29, 0.717) is 18.5 Å². The predicted octanol–water partition coefficient (Wildman–Crippen LogP) is 2.86. The van der Waals surface area contributed by atoms with Gasteiger partial charge in [0.2, 0.25) is 0 Å². The maximum atomic E-state index is 12.0. The van der Waals surface area contributed by atoms with E-state index in [4.69, 9.17) is 9.47 Å². The summed E-state index contributed by atoms with van der Waals surface area (Å²) in [6.07, 6.45) is 3.08.